The average Bonchev–Trinajstić information content (AvgIpc) is 2.70. The first-order valence-electron chi connectivity index (χ1n) is 5.62. The maximum absolute atomic E-state index is 8.71. The molecule has 1 aromatic heterocycles. The van der Waals surface area contributed by atoms with Crippen LogP contribution in [-0.2, 0) is 13.0 Å². The number of benzene rings is 1. The summed E-state index contributed by atoms with van der Waals surface area (Å²) in [7, 11) is 0. The molecule has 0 aliphatic carbocycles. The Bertz CT molecular complexity index is 464. The highest BCUT2D eigenvalue weighted by Crippen LogP contribution is 2.14. The number of aliphatic hydroxyl groups excluding tert-OH is 1. The highest BCUT2D eigenvalue weighted by Gasteiger charge is 2.02. The molecule has 4 N–H and O–H groups in total. The largest absolute Gasteiger partial charge is 0.396 e. The molecule has 0 fully saturated rings. The maximum Gasteiger partial charge on any atom is 0.107 e. The van der Waals surface area contributed by atoms with Crippen LogP contribution in [0.25, 0.3) is 11.0 Å². The van der Waals surface area contributed by atoms with E-state index in [0.717, 1.165) is 41.7 Å². The van der Waals surface area contributed by atoms with Crippen molar-refractivity contribution < 1.29 is 5.11 Å². The number of rotatable bonds is 5. The number of hydrogen-bond acceptors (Lipinski definition) is 3. The maximum atomic E-state index is 8.71. The standard InChI is InChI=1S/C12H17N3O/c13-8-9-4-5-10-11(7-9)15-12(14-10)3-1-2-6-16/h4-5,7,16H,1-3,6,8,13H2,(H,14,15). The SMILES string of the molecule is NCc1ccc2nc(CCCCO)[nH]c2c1. The highest BCUT2D eigenvalue weighted by atomic mass is 16.2. The first-order chi connectivity index (χ1) is 7.83. The third-order valence-corrected chi connectivity index (χ3v) is 2.65. The molecule has 0 amide bonds. The quantitative estimate of drug-likeness (QED) is 0.664. The van der Waals surface area contributed by atoms with Gasteiger partial charge < -0.3 is 15.8 Å². The molecule has 0 atom stereocenters. The fraction of sp³-hybridized carbons (Fsp3) is 0.417. The van der Waals surface area contributed by atoms with E-state index in [1.54, 1.807) is 0 Å². The Labute approximate surface area is 94.5 Å². The van der Waals surface area contributed by atoms with E-state index in [2.05, 4.69) is 9.97 Å². The number of nitrogens with zero attached hydrogens (tertiary/aromatic N) is 1. The Morgan fingerprint density at radius 3 is 2.94 bits per heavy atom. The van der Waals surface area contributed by atoms with Gasteiger partial charge in [-0.3, -0.25) is 0 Å². The Morgan fingerprint density at radius 1 is 1.31 bits per heavy atom. The molecule has 86 valence electrons. The van der Waals surface area contributed by atoms with Gasteiger partial charge in [-0.25, -0.2) is 4.98 Å². The number of nitrogens with one attached hydrogen (secondary N) is 1. The minimum absolute atomic E-state index is 0.248. The van der Waals surface area contributed by atoms with Crippen LogP contribution in [0.1, 0.15) is 24.2 Å². The monoisotopic (exact) mass is 219 g/mol. The van der Waals surface area contributed by atoms with Crippen LogP contribution in [0.2, 0.25) is 0 Å². The van der Waals surface area contributed by atoms with Gasteiger partial charge >= 0.3 is 0 Å². The number of H-pyrrole nitrogens is 1. The van der Waals surface area contributed by atoms with Crippen molar-refractivity contribution in [2.24, 2.45) is 5.73 Å². The van der Waals surface area contributed by atoms with Gasteiger partial charge in [-0.1, -0.05) is 6.07 Å². The summed E-state index contributed by atoms with van der Waals surface area (Å²) in [6.07, 6.45) is 2.67. The Morgan fingerprint density at radius 2 is 2.19 bits per heavy atom. The number of aromatic nitrogens is 2. The molecule has 4 nitrogen and oxygen atoms in total. The molecule has 2 aromatic rings. The summed E-state index contributed by atoms with van der Waals surface area (Å²) in [5.74, 6) is 0.984. The van der Waals surface area contributed by atoms with Crippen LogP contribution in [0, 0.1) is 0 Å². The normalized spacial score (nSPS) is 11.1. The van der Waals surface area contributed by atoms with E-state index in [-0.39, 0.29) is 6.61 Å². The lowest BCUT2D eigenvalue weighted by Crippen LogP contribution is -1.95. The summed E-state index contributed by atoms with van der Waals surface area (Å²) in [4.78, 5) is 7.76. The summed E-state index contributed by atoms with van der Waals surface area (Å²) >= 11 is 0. The number of imidazole rings is 1. The van der Waals surface area contributed by atoms with Gasteiger partial charge in [0, 0.05) is 19.6 Å². The van der Waals surface area contributed by atoms with Gasteiger partial charge in [0.15, 0.2) is 0 Å². The first kappa shape index (κ1) is 11.1. The predicted octanol–water partition coefficient (Wildman–Crippen LogP) is 1.34. The number of unbranched alkanes of at least 4 members (excludes halogenated alkanes) is 1. The fourth-order valence-electron chi connectivity index (χ4n) is 1.76. The smallest absolute Gasteiger partial charge is 0.107 e. The van der Waals surface area contributed by atoms with Crippen molar-refractivity contribution in [2.45, 2.75) is 25.8 Å². The van der Waals surface area contributed by atoms with Crippen LogP contribution in [0.4, 0.5) is 0 Å². The van der Waals surface area contributed by atoms with Gasteiger partial charge in [0.2, 0.25) is 0 Å². The van der Waals surface area contributed by atoms with Crippen LogP contribution in [0.5, 0.6) is 0 Å². The molecule has 0 saturated carbocycles. The van der Waals surface area contributed by atoms with Crippen LogP contribution < -0.4 is 5.73 Å². The van der Waals surface area contributed by atoms with Crippen LogP contribution in [-0.4, -0.2) is 21.7 Å². The molecular formula is C12H17N3O. The number of aliphatic hydroxyl groups is 1. The molecule has 0 saturated heterocycles. The molecule has 0 unspecified atom stereocenters. The van der Waals surface area contributed by atoms with Crippen molar-refractivity contribution in [1.29, 1.82) is 0 Å². The predicted molar refractivity (Wildman–Crippen MR) is 64.0 cm³/mol. The van der Waals surface area contributed by atoms with Crippen LogP contribution in [0.3, 0.4) is 0 Å². The van der Waals surface area contributed by atoms with E-state index >= 15 is 0 Å². The van der Waals surface area contributed by atoms with E-state index < -0.39 is 0 Å². The topological polar surface area (TPSA) is 74.9 Å². The highest BCUT2D eigenvalue weighted by molar-refractivity contribution is 5.75. The van der Waals surface area contributed by atoms with Crippen molar-refractivity contribution >= 4 is 11.0 Å². The lowest BCUT2D eigenvalue weighted by molar-refractivity contribution is 0.284. The van der Waals surface area contributed by atoms with Crippen molar-refractivity contribution in [1.82, 2.24) is 9.97 Å². The van der Waals surface area contributed by atoms with Crippen molar-refractivity contribution in [3.05, 3.63) is 29.6 Å². The summed E-state index contributed by atoms with van der Waals surface area (Å²) < 4.78 is 0. The zero-order chi connectivity index (χ0) is 11.4. The van der Waals surface area contributed by atoms with Crippen LogP contribution in [0.15, 0.2) is 18.2 Å². The minimum Gasteiger partial charge on any atom is -0.396 e. The second-order valence-electron chi connectivity index (χ2n) is 3.92. The zero-order valence-electron chi connectivity index (χ0n) is 9.24. The summed E-state index contributed by atoms with van der Waals surface area (Å²) in [6.45, 7) is 0.798. The van der Waals surface area contributed by atoms with Gasteiger partial charge in [0.1, 0.15) is 5.82 Å². The molecule has 1 heterocycles. The van der Waals surface area contributed by atoms with Gasteiger partial charge in [-0.15, -0.1) is 0 Å². The third-order valence-electron chi connectivity index (χ3n) is 2.65. The fourth-order valence-corrected chi connectivity index (χ4v) is 1.76. The molecule has 16 heavy (non-hydrogen) atoms. The first-order valence-corrected chi connectivity index (χ1v) is 5.62. The van der Waals surface area contributed by atoms with Crippen molar-refractivity contribution in [3.63, 3.8) is 0 Å². The molecule has 1 aromatic carbocycles. The van der Waals surface area contributed by atoms with Gasteiger partial charge in [-0.05, 0) is 30.5 Å². The number of hydrogen-bond donors (Lipinski definition) is 3. The van der Waals surface area contributed by atoms with Crippen molar-refractivity contribution in [2.75, 3.05) is 6.61 Å². The molecule has 0 aliphatic rings. The van der Waals surface area contributed by atoms with E-state index in [4.69, 9.17) is 10.8 Å². The summed E-state index contributed by atoms with van der Waals surface area (Å²) in [6, 6.07) is 6.03. The number of fused-ring (bicyclic) bond motifs is 1. The van der Waals surface area contributed by atoms with Gasteiger partial charge in [0.25, 0.3) is 0 Å². The van der Waals surface area contributed by atoms with Gasteiger partial charge in [-0.2, -0.15) is 0 Å². The third kappa shape index (κ3) is 2.40. The molecule has 0 bridgehead atoms. The average molecular weight is 219 g/mol. The molecule has 4 heteroatoms. The number of aryl methyl sites for hydroxylation is 1. The van der Waals surface area contributed by atoms with E-state index in [1.807, 2.05) is 18.2 Å². The molecular weight excluding hydrogens is 202 g/mol. The van der Waals surface area contributed by atoms with Crippen molar-refractivity contribution in [3.8, 4) is 0 Å². The van der Waals surface area contributed by atoms with Gasteiger partial charge in [0.05, 0.1) is 11.0 Å². The molecule has 0 radical (unpaired) electrons. The van der Waals surface area contributed by atoms with E-state index in [9.17, 15) is 0 Å². The minimum atomic E-state index is 0.248. The summed E-state index contributed by atoms with van der Waals surface area (Å²) in [5, 5.41) is 8.71. The summed E-state index contributed by atoms with van der Waals surface area (Å²) in [5.41, 5.74) is 8.72. The molecule has 2 rings (SSSR count). The lowest BCUT2D eigenvalue weighted by Gasteiger charge is -1.94. The molecule has 0 aliphatic heterocycles. The second-order valence-corrected chi connectivity index (χ2v) is 3.92. The Kier molecular flexibility index (Phi) is 3.54. The second kappa shape index (κ2) is 5.09. The van der Waals surface area contributed by atoms with Crippen LogP contribution >= 0.6 is 0 Å². The Hall–Kier alpha value is -1.39. The number of aromatic amines is 1. The van der Waals surface area contributed by atoms with E-state index in [1.165, 1.54) is 0 Å². The molecule has 0 spiro atoms. The number of nitrogens with two attached hydrogens (primary N) is 1. The Balaban J connectivity index is 2.16. The lowest BCUT2D eigenvalue weighted by atomic mass is 10.2. The zero-order valence-corrected chi connectivity index (χ0v) is 9.24. The van der Waals surface area contributed by atoms with E-state index in [0.29, 0.717) is 6.54 Å².